The number of hydrogen-bond acceptors (Lipinski definition) is 3. The molecule has 2 N–H and O–H groups in total. The van der Waals surface area contributed by atoms with Gasteiger partial charge in [-0.1, -0.05) is 36.7 Å². The van der Waals surface area contributed by atoms with E-state index in [1.807, 2.05) is 19.1 Å². The van der Waals surface area contributed by atoms with Crippen molar-refractivity contribution >= 4 is 28.1 Å². The van der Waals surface area contributed by atoms with Crippen molar-refractivity contribution in [3.63, 3.8) is 0 Å². The molecule has 0 aliphatic carbocycles. The lowest BCUT2D eigenvalue weighted by Gasteiger charge is -2.06. The smallest absolute Gasteiger partial charge is 0.180 e. The summed E-state index contributed by atoms with van der Waals surface area (Å²) in [5, 5.41) is 1.49. The normalized spacial score (nSPS) is 10.8. The summed E-state index contributed by atoms with van der Waals surface area (Å²) in [6.07, 6.45) is 1.73. The van der Waals surface area contributed by atoms with E-state index in [0.29, 0.717) is 5.13 Å². The fourth-order valence-corrected chi connectivity index (χ4v) is 2.97. The minimum absolute atomic E-state index is 0.639. The van der Waals surface area contributed by atoms with Gasteiger partial charge in [0.05, 0.1) is 5.69 Å². The minimum Gasteiger partial charge on any atom is -0.375 e. The van der Waals surface area contributed by atoms with E-state index < -0.39 is 0 Å². The lowest BCUT2D eigenvalue weighted by atomic mass is 10.1. The SMILES string of the molecule is CCc1nc(N)sc1Cc1cccc(C)c1Cl. The van der Waals surface area contributed by atoms with Crippen molar-refractivity contribution in [1.82, 2.24) is 4.98 Å². The summed E-state index contributed by atoms with van der Waals surface area (Å²) in [7, 11) is 0. The van der Waals surface area contributed by atoms with Crippen LogP contribution in [0, 0.1) is 6.92 Å². The Morgan fingerprint density at radius 2 is 2.18 bits per heavy atom. The van der Waals surface area contributed by atoms with E-state index in [4.69, 9.17) is 17.3 Å². The van der Waals surface area contributed by atoms with Gasteiger partial charge in [-0.05, 0) is 24.5 Å². The second-order valence-corrected chi connectivity index (χ2v) is 5.49. The molecule has 0 amide bonds. The molecule has 0 bridgehead atoms. The van der Waals surface area contributed by atoms with Crippen molar-refractivity contribution in [1.29, 1.82) is 0 Å². The van der Waals surface area contributed by atoms with E-state index >= 15 is 0 Å². The number of nitrogens with zero attached hydrogens (tertiary/aromatic N) is 1. The molecule has 2 aromatic rings. The number of benzene rings is 1. The highest BCUT2D eigenvalue weighted by Crippen LogP contribution is 2.28. The molecule has 17 heavy (non-hydrogen) atoms. The molecule has 1 heterocycles. The van der Waals surface area contributed by atoms with Crippen LogP contribution in [0.4, 0.5) is 5.13 Å². The van der Waals surface area contributed by atoms with Gasteiger partial charge < -0.3 is 5.73 Å². The molecule has 0 radical (unpaired) electrons. The Labute approximate surface area is 110 Å². The Bertz CT molecular complexity index is 534. The molecule has 0 spiro atoms. The number of aryl methyl sites for hydroxylation is 2. The zero-order valence-electron chi connectivity index (χ0n) is 9.96. The predicted octanol–water partition coefficient (Wildman–Crippen LogP) is 3.84. The Balaban J connectivity index is 2.34. The average molecular weight is 267 g/mol. The minimum atomic E-state index is 0.639. The first-order valence-electron chi connectivity index (χ1n) is 5.59. The summed E-state index contributed by atoms with van der Waals surface area (Å²) in [5.74, 6) is 0. The first-order valence-corrected chi connectivity index (χ1v) is 6.79. The summed E-state index contributed by atoms with van der Waals surface area (Å²) in [5.41, 5.74) is 9.09. The van der Waals surface area contributed by atoms with Crippen LogP contribution in [0.15, 0.2) is 18.2 Å². The molecule has 0 aliphatic rings. The molecule has 2 rings (SSSR count). The van der Waals surface area contributed by atoms with Gasteiger partial charge in [-0.15, -0.1) is 11.3 Å². The molecule has 0 saturated carbocycles. The maximum Gasteiger partial charge on any atom is 0.180 e. The van der Waals surface area contributed by atoms with Crippen LogP contribution in [0.2, 0.25) is 5.02 Å². The van der Waals surface area contributed by atoms with E-state index in [1.165, 1.54) is 4.88 Å². The van der Waals surface area contributed by atoms with Gasteiger partial charge >= 0.3 is 0 Å². The number of halogens is 1. The van der Waals surface area contributed by atoms with Crippen LogP contribution in [-0.2, 0) is 12.8 Å². The van der Waals surface area contributed by atoms with Crippen molar-refractivity contribution < 1.29 is 0 Å². The number of nitrogens with two attached hydrogens (primary N) is 1. The Morgan fingerprint density at radius 1 is 1.41 bits per heavy atom. The summed E-state index contributed by atoms with van der Waals surface area (Å²) in [6.45, 7) is 4.11. The van der Waals surface area contributed by atoms with Gasteiger partial charge in [-0.3, -0.25) is 0 Å². The van der Waals surface area contributed by atoms with Gasteiger partial charge in [-0.25, -0.2) is 4.98 Å². The van der Waals surface area contributed by atoms with Crippen LogP contribution in [0.5, 0.6) is 0 Å². The number of nitrogen functional groups attached to an aromatic ring is 1. The molecule has 0 saturated heterocycles. The van der Waals surface area contributed by atoms with Crippen LogP contribution >= 0.6 is 22.9 Å². The second-order valence-electron chi connectivity index (χ2n) is 4.00. The van der Waals surface area contributed by atoms with Crippen molar-refractivity contribution in [3.8, 4) is 0 Å². The Kier molecular flexibility index (Phi) is 3.69. The van der Waals surface area contributed by atoms with E-state index in [2.05, 4.69) is 18.0 Å². The molecule has 1 aromatic heterocycles. The number of hydrogen-bond donors (Lipinski definition) is 1. The first kappa shape index (κ1) is 12.4. The molecule has 1 aromatic carbocycles. The zero-order chi connectivity index (χ0) is 12.4. The summed E-state index contributed by atoms with van der Waals surface area (Å²) in [4.78, 5) is 5.55. The highest BCUT2D eigenvalue weighted by atomic mass is 35.5. The number of thiazole rings is 1. The van der Waals surface area contributed by atoms with Crippen molar-refractivity contribution in [3.05, 3.63) is 44.9 Å². The van der Waals surface area contributed by atoms with E-state index in [1.54, 1.807) is 11.3 Å². The molecule has 4 heteroatoms. The predicted molar refractivity (Wildman–Crippen MR) is 74.9 cm³/mol. The van der Waals surface area contributed by atoms with Crippen LogP contribution in [-0.4, -0.2) is 4.98 Å². The number of aromatic nitrogens is 1. The summed E-state index contributed by atoms with van der Waals surface area (Å²) in [6, 6.07) is 6.12. The lowest BCUT2D eigenvalue weighted by Crippen LogP contribution is -1.93. The van der Waals surface area contributed by atoms with Gasteiger partial charge in [0, 0.05) is 16.3 Å². The van der Waals surface area contributed by atoms with Crippen LogP contribution < -0.4 is 5.73 Å². The quantitative estimate of drug-likeness (QED) is 0.917. The van der Waals surface area contributed by atoms with Gasteiger partial charge in [0.2, 0.25) is 0 Å². The third-order valence-electron chi connectivity index (χ3n) is 2.75. The monoisotopic (exact) mass is 266 g/mol. The van der Waals surface area contributed by atoms with Crippen molar-refractivity contribution in [2.45, 2.75) is 26.7 Å². The second kappa shape index (κ2) is 5.07. The van der Waals surface area contributed by atoms with Crippen LogP contribution in [0.25, 0.3) is 0 Å². The fraction of sp³-hybridized carbons (Fsp3) is 0.308. The highest BCUT2D eigenvalue weighted by Gasteiger charge is 2.11. The topological polar surface area (TPSA) is 38.9 Å². The highest BCUT2D eigenvalue weighted by molar-refractivity contribution is 7.15. The number of anilines is 1. The van der Waals surface area contributed by atoms with Crippen LogP contribution in [0.1, 0.15) is 28.6 Å². The molecule has 0 unspecified atom stereocenters. The Hall–Kier alpha value is -1.06. The van der Waals surface area contributed by atoms with Gasteiger partial charge in [-0.2, -0.15) is 0 Å². The van der Waals surface area contributed by atoms with Crippen molar-refractivity contribution in [2.24, 2.45) is 0 Å². The van der Waals surface area contributed by atoms with Gasteiger partial charge in [0.15, 0.2) is 5.13 Å². The molecule has 2 nitrogen and oxygen atoms in total. The molecule has 90 valence electrons. The van der Waals surface area contributed by atoms with Gasteiger partial charge in [0.1, 0.15) is 0 Å². The first-order chi connectivity index (χ1) is 8.11. The summed E-state index contributed by atoms with van der Waals surface area (Å²) >= 11 is 7.85. The number of rotatable bonds is 3. The third-order valence-corrected chi connectivity index (χ3v) is 4.22. The van der Waals surface area contributed by atoms with Crippen molar-refractivity contribution in [2.75, 3.05) is 5.73 Å². The molecular weight excluding hydrogens is 252 g/mol. The Morgan fingerprint density at radius 3 is 2.88 bits per heavy atom. The third kappa shape index (κ3) is 2.61. The molecule has 0 atom stereocenters. The zero-order valence-corrected chi connectivity index (χ0v) is 11.5. The van der Waals surface area contributed by atoms with E-state index in [0.717, 1.165) is 34.7 Å². The largest absolute Gasteiger partial charge is 0.375 e. The fourth-order valence-electron chi connectivity index (χ4n) is 1.84. The lowest BCUT2D eigenvalue weighted by molar-refractivity contribution is 1.02. The molecule has 0 aliphatic heterocycles. The molecule has 0 fully saturated rings. The van der Waals surface area contributed by atoms with E-state index in [-0.39, 0.29) is 0 Å². The van der Waals surface area contributed by atoms with Gasteiger partial charge in [0.25, 0.3) is 0 Å². The average Bonchev–Trinajstić information content (AvgIpc) is 2.65. The standard InChI is InChI=1S/C13H15ClN2S/c1-3-10-11(17-13(15)16-10)7-9-6-4-5-8(2)12(9)14/h4-6H,3,7H2,1-2H3,(H2,15,16). The van der Waals surface area contributed by atoms with Crippen LogP contribution in [0.3, 0.4) is 0 Å². The molecular formula is C13H15ClN2S. The van der Waals surface area contributed by atoms with E-state index in [9.17, 15) is 0 Å². The maximum atomic E-state index is 6.30. The summed E-state index contributed by atoms with van der Waals surface area (Å²) < 4.78 is 0. The maximum absolute atomic E-state index is 6.30.